The molecule has 0 unspecified atom stereocenters. The number of rotatable bonds is 7. The molecule has 0 amide bonds. The van der Waals surface area contributed by atoms with E-state index in [0.29, 0.717) is 12.6 Å². The minimum absolute atomic E-state index is 0.0507. The summed E-state index contributed by atoms with van der Waals surface area (Å²) in [6, 6.07) is 17.7. The minimum Gasteiger partial charge on any atom is -0.491 e. The zero-order valence-corrected chi connectivity index (χ0v) is 18.2. The van der Waals surface area contributed by atoms with E-state index >= 15 is 0 Å². The normalized spacial score (nSPS) is 21.0. The lowest BCUT2D eigenvalue weighted by molar-refractivity contribution is 0.0887. The molecule has 0 aromatic heterocycles. The molecule has 2 heterocycles. The number of benzene rings is 2. The molecule has 0 spiro atoms. The Morgan fingerprint density at radius 1 is 1.00 bits per heavy atom. The molecule has 2 saturated heterocycles. The van der Waals surface area contributed by atoms with Crippen LogP contribution in [0.1, 0.15) is 24.0 Å². The summed E-state index contributed by atoms with van der Waals surface area (Å²) in [6.45, 7) is 10.4. The topological polar surface area (TPSA) is 39.2 Å². The fraction of sp³-hybridized carbons (Fsp3) is 0.520. The van der Waals surface area contributed by atoms with Gasteiger partial charge in [0.15, 0.2) is 0 Å². The summed E-state index contributed by atoms with van der Waals surface area (Å²) in [7, 11) is 0. The number of hydrogen-bond acceptors (Lipinski definition) is 5. The van der Waals surface area contributed by atoms with Crippen molar-refractivity contribution in [1.29, 1.82) is 0 Å². The zero-order chi connectivity index (χ0) is 20.8. The van der Waals surface area contributed by atoms with Gasteiger partial charge in [0.05, 0.1) is 6.61 Å². The molecule has 162 valence electrons. The van der Waals surface area contributed by atoms with E-state index in [9.17, 15) is 0 Å². The van der Waals surface area contributed by atoms with Crippen LogP contribution in [0.25, 0.3) is 0 Å². The van der Waals surface area contributed by atoms with E-state index in [1.54, 1.807) is 0 Å². The second kappa shape index (κ2) is 10.3. The maximum atomic E-state index is 8.96. The number of ether oxygens (including phenoxy) is 1. The number of aliphatic hydroxyl groups is 1. The maximum Gasteiger partial charge on any atom is 0.119 e. The van der Waals surface area contributed by atoms with Gasteiger partial charge in [-0.1, -0.05) is 30.3 Å². The van der Waals surface area contributed by atoms with Gasteiger partial charge in [0.1, 0.15) is 12.4 Å². The van der Waals surface area contributed by atoms with Crippen LogP contribution in [0.15, 0.2) is 48.5 Å². The molecule has 5 nitrogen and oxygen atoms in total. The van der Waals surface area contributed by atoms with Crippen molar-refractivity contribution in [3.8, 4) is 5.75 Å². The van der Waals surface area contributed by atoms with Crippen molar-refractivity contribution in [1.82, 2.24) is 9.80 Å². The van der Waals surface area contributed by atoms with Crippen LogP contribution >= 0.6 is 0 Å². The molecule has 2 fully saturated rings. The van der Waals surface area contributed by atoms with E-state index in [2.05, 4.69) is 58.0 Å². The van der Waals surface area contributed by atoms with Crippen LogP contribution < -0.4 is 9.64 Å². The highest BCUT2D eigenvalue weighted by atomic mass is 16.5. The lowest BCUT2D eigenvalue weighted by Crippen LogP contribution is -2.55. The summed E-state index contributed by atoms with van der Waals surface area (Å²) < 4.78 is 5.57. The fourth-order valence-corrected chi connectivity index (χ4v) is 4.87. The Balaban J connectivity index is 1.30. The Bertz CT molecular complexity index is 804. The number of piperidine rings is 1. The Labute approximate surface area is 180 Å². The van der Waals surface area contributed by atoms with E-state index < -0.39 is 0 Å². The highest BCUT2D eigenvalue weighted by Gasteiger charge is 2.28. The molecule has 2 aliphatic rings. The van der Waals surface area contributed by atoms with E-state index in [1.165, 1.54) is 36.2 Å². The average Bonchev–Trinajstić information content (AvgIpc) is 2.79. The summed E-state index contributed by atoms with van der Waals surface area (Å²) in [5.74, 6) is 0.849. The van der Waals surface area contributed by atoms with Gasteiger partial charge in [-0.15, -0.1) is 0 Å². The van der Waals surface area contributed by atoms with Crippen LogP contribution in [0.3, 0.4) is 0 Å². The van der Waals surface area contributed by atoms with Gasteiger partial charge in [0.2, 0.25) is 0 Å². The smallest absolute Gasteiger partial charge is 0.119 e. The highest BCUT2D eigenvalue weighted by molar-refractivity contribution is 5.53. The number of nitrogens with zero attached hydrogens (tertiary/aromatic N) is 3. The molecular formula is C25H35N3O2. The number of aryl methyl sites for hydroxylation is 1. The minimum atomic E-state index is 0.0507. The maximum absolute atomic E-state index is 8.96. The first-order valence-electron chi connectivity index (χ1n) is 11.3. The van der Waals surface area contributed by atoms with Crippen LogP contribution in [-0.4, -0.2) is 73.4 Å². The zero-order valence-electron chi connectivity index (χ0n) is 18.2. The molecule has 2 aromatic carbocycles. The number of piperazine rings is 1. The van der Waals surface area contributed by atoms with Gasteiger partial charge >= 0.3 is 0 Å². The van der Waals surface area contributed by atoms with Crippen LogP contribution in [-0.2, 0) is 6.54 Å². The van der Waals surface area contributed by atoms with Gasteiger partial charge in [-0.2, -0.15) is 0 Å². The van der Waals surface area contributed by atoms with Crippen molar-refractivity contribution >= 4 is 5.69 Å². The van der Waals surface area contributed by atoms with Crippen molar-refractivity contribution < 1.29 is 9.84 Å². The quantitative estimate of drug-likeness (QED) is 0.761. The number of aliphatic hydroxyl groups excluding tert-OH is 1. The van der Waals surface area contributed by atoms with Crippen molar-refractivity contribution in [3.63, 3.8) is 0 Å². The lowest BCUT2D eigenvalue weighted by Gasteiger charge is -2.44. The Hall–Kier alpha value is -2.08. The van der Waals surface area contributed by atoms with Gasteiger partial charge in [-0.3, -0.25) is 9.80 Å². The second-order valence-electron chi connectivity index (χ2n) is 8.56. The summed E-state index contributed by atoms with van der Waals surface area (Å²) >= 11 is 0. The molecule has 2 aromatic rings. The monoisotopic (exact) mass is 409 g/mol. The van der Waals surface area contributed by atoms with E-state index in [-0.39, 0.29) is 6.61 Å². The molecule has 30 heavy (non-hydrogen) atoms. The average molecular weight is 410 g/mol. The number of para-hydroxylation sites is 1. The predicted molar refractivity (Wildman–Crippen MR) is 122 cm³/mol. The molecule has 5 heteroatoms. The molecule has 0 aliphatic carbocycles. The molecule has 0 bridgehead atoms. The Morgan fingerprint density at radius 3 is 2.63 bits per heavy atom. The number of anilines is 1. The van der Waals surface area contributed by atoms with Gasteiger partial charge in [-0.25, -0.2) is 0 Å². The first-order chi connectivity index (χ1) is 14.7. The first kappa shape index (κ1) is 21.2. The molecule has 4 rings (SSSR count). The van der Waals surface area contributed by atoms with Crippen LogP contribution in [0.4, 0.5) is 5.69 Å². The second-order valence-corrected chi connectivity index (χ2v) is 8.56. The van der Waals surface area contributed by atoms with Crippen molar-refractivity contribution in [3.05, 3.63) is 59.7 Å². The molecule has 1 N–H and O–H groups in total. The third-order valence-electron chi connectivity index (χ3n) is 6.43. The van der Waals surface area contributed by atoms with Crippen LogP contribution in [0.5, 0.6) is 5.75 Å². The van der Waals surface area contributed by atoms with E-state index in [0.717, 1.165) is 45.0 Å². The van der Waals surface area contributed by atoms with E-state index in [1.807, 2.05) is 12.1 Å². The van der Waals surface area contributed by atoms with Crippen molar-refractivity contribution in [2.24, 2.45) is 0 Å². The largest absolute Gasteiger partial charge is 0.491 e. The summed E-state index contributed by atoms with van der Waals surface area (Å²) in [4.78, 5) is 7.85. The number of likely N-dealkylation sites (tertiary alicyclic amines) is 1. The van der Waals surface area contributed by atoms with Crippen LogP contribution in [0.2, 0.25) is 0 Å². The summed E-state index contributed by atoms with van der Waals surface area (Å²) in [5, 5.41) is 8.96. The highest BCUT2D eigenvalue weighted by Crippen LogP contribution is 2.24. The summed E-state index contributed by atoms with van der Waals surface area (Å²) in [5.41, 5.74) is 4.06. The molecule has 0 radical (unpaired) electrons. The Kier molecular flexibility index (Phi) is 7.26. The van der Waals surface area contributed by atoms with Gasteiger partial charge in [0.25, 0.3) is 0 Å². The number of hydrogen-bond donors (Lipinski definition) is 1. The van der Waals surface area contributed by atoms with E-state index in [4.69, 9.17) is 9.84 Å². The molecule has 0 saturated carbocycles. The Morgan fingerprint density at radius 2 is 1.83 bits per heavy atom. The van der Waals surface area contributed by atoms with Crippen molar-refractivity contribution in [2.75, 3.05) is 57.4 Å². The SMILES string of the molecule is Cc1ccccc1N1CCN([C@@H]2CCCN(Cc3cccc(OCCO)c3)C2)CC1. The molecular weight excluding hydrogens is 374 g/mol. The molecule has 1 atom stereocenters. The van der Waals surface area contributed by atoms with Gasteiger partial charge in [-0.05, 0) is 55.6 Å². The summed E-state index contributed by atoms with van der Waals surface area (Å²) in [6.07, 6.45) is 2.57. The standard InChI is InChI=1S/C25H35N3O2/c1-21-6-2-3-10-25(21)28-14-12-27(13-15-28)23-8-5-11-26(20-23)19-22-7-4-9-24(18-22)30-17-16-29/h2-4,6-7,9-10,18,23,29H,5,8,11-17,19-20H2,1H3/t23-/m1/s1. The van der Waals surface area contributed by atoms with Crippen molar-refractivity contribution in [2.45, 2.75) is 32.4 Å². The van der Waals surface area contributed by atoms with Crippen LogP contribution in [0, 0.1) is 6.92 Å². The van der Waals surface area contributed by atoms with Gasteiger partial charge < -0.3 is 14.7 Å². The third kappa shape index (κ3) is 5.34. The first-order valence-corrected chi connectivity index (χ1v) is 11.3. The third-order valence-corrected chi connectivity index (χ3v) is 6.43. The van der Waals surface area contributed by atoms with Gasteiger partial charge in [0, 0.05) is 51.0 Å². The molecule has 2 aliphatic heterocycles. The fourth-order valence-electron chi connectivity index (χ4n) is 4.87. The predicted octanol–water partition coefficient (Wildman–Crippen LogP) is 3.15. The lowest BCUT2D eigenvalue weighted by atomic mass is 10.0.